The van der Waals surface area contributed by atoms with Crippen LogP contribution in [-0.2, 0) is 0 Å². The lowest BCUT2D eigenvalue weighted by atomic mass is 10.3. The molecule has 1 aliphatic rings. The van der Waals surface area contributed by atoms with Crippen molar-refractivity contribution in [3.63, 3.8) is 0 Å². The number of hydrogen-bond donors (Lipinski definition) is 2. The number of anilines is 1. The van der Waals surface area contributed by atoms with Gasteiger partial charge in [0.05, 0.1) is 10.7 Å². The van der Waals surface area contributed by atoms with Crippen LogP contribution in [0.5, 0.6) is 0 Å². The van der Waals surface area contributed by atoms with E-state index in [1.54, 1.807) is 12.1 Å². The van der Waals surface area contributed by atoms with Crippen molar-refractivity contribution in [1.29, 1.82) is 0 Å². The fourth-order valence-electron chi connectivity index (χ4n) is 1.44. The lowest BCUT2D eigenvalue weighted by Crippen LogP contribution is -2.37. The summed E-state index contributed by atoms with van der Waals surface area (Å²) in [6, 6.07) is 3.78. The highest BCUT2D eigenvalue weighted by Crippen LogP contribution is 2.25. The van der Waals surface area contributed by atoms with E-state index >= 15 is 0 Å². The van der Waals surface area contributed by atoms with E-state index in [-0.39, 0.29) is 0 Å². The van der Waals surface area contributed by atoms with Gasteiger partial charge in [-0.3, -0.25) is 0 Å². The Kier molecular flexibility index (Phi) is 3.40. The van der Waals surface area contributed by atoms with Gasteiger partial charge in [-0.15, -0.1) is 0 Å². The second-order valence-corrected chi connectivity index (χ2v) is 4.28. The van der Waals surface area contributed by atoms with Crippen molar-refractivity contribution in [2.75, 3.05) is 18.4 Å². The Morgan fingerprint density at radius 2 is 2.18 bits per heavy atom. The summed E-state index contributed by atoms with van der Waals surface area (Å²) in [6.45, 7) is 0.802. The SMILES string of the molecule is O=C1NCCN1C(=O)Nc1ccc(Cl)cc1Cl. The number of carbonyl (C=O) groups excluding carboxylic acids is 2. The highest BCUT2D eigenvalue weighted by molar-refractivity contribution is 6.36. The third-order valence-electron chi connectivity index (χ3n) is 2.27. The first-order valence-electron chi connectivity index (χ1n) is 4.89. The molecule has 1 aliphatic heterocycles. The highest BCUT2D eigenvalue weighted by Gasteiger charge is 2.26. The van der Waals surface area contributed by atoms with E-state index in [0.717, 1.165) is 4.90 Å². The molecule has 0 spiro atoms. The minimum Gasteiger partial charge on any atom is -0.336 e. The number of imide groups is 1. The zero-order valence-corrected chi connectivity index (χ0v) is 10.2. The summed E-state index contributed by atoms with van der Waals surface area (Å²) in [5, 5.41) is 5.88. The van der Waals surface area contributed by atoms with Crippen LogP contribution < -0.4 is 10.6 Å². The second-order valence-electron chi connectivity index (χ2n) is 3.44. The maximum absolute atomic E-state index is 11.7. The van der Waals surface area contributed by atoms with Crippen molar-refractivity contribution in [2.45, 2.75) is 0 Å². The smallest absolute Gasteiger partial charge is 0.330 e. The van der Waals surface area contributed by atoms with Crippen LogP contribution in [0.25, 0.3) is 0 Å². The summed E-state index contributed by atoms with van der Waals surface area (Å²) in [5.41, 5.74) is 0.417. The average Bonchev–Trinajstić information content (AvgIpc) is 2.68. The Morgan fingerprint density at radius 3 is 2.76 bits per heavy atom. The van der Waals surface area contributed by atoms with Crippen molar-refractivity contribution in [3.8, 4) is 0 Å². The Morgan fingerprint density at radius 1 is 1.41 bits per heavy atom. The van der Waals surface area contributed by atoms with Crippen LogP contribution in [0.1, 0.15) is 0 Å². The van der Waals surface area contributed by atoms with E-state index in [0.29, 0.717) is 28.8 Å². The van der Waals surface area contributed by atoms with Crippen LogP contribution in [0.15, 0.2) is 18.2 Å². The van der Waals surface area contributed by atoms with Gasteiger partial charge in [-0.25, -0.2) is 14.5 Å². The van der Waals surface area contributed by atoms with Crippen molar-refractivity contribution in [2.24, 2.45) is 0 Å². The highest BCUT2D eigenvalue weighted by atomic mass is 35.5. The summed E-state index contributed by atoms with van der Waals surface area (Å²) >= 11 is 11.6. The molecule has 4 amide bonds. The minimum atomic E-state index is -0.510. The molecule has 1 heterocycles. The molecule has 90 valence electrons. The normalized spacial score (nSPS) is 14.7. The minimum absolute atomic E-state index is 0.324. The second kappa shape index (κ2) is 4.81. The fourth-order valence-corrected chi connectivity index (χ4v) is 1.89. The zero-order valence-electron chi connectivity index (χ0n) is 8.67. The summed E-state index contributed by atoms with van der Waals surface area (Å²) in [4.78, 5) is 24.0. The molecule has 5 nitrogen and oxygen atoms in total. The number of nitrogens with zero attached hydrogens (tertiary/aromatic N) is 1. The molecule has 1 aromatic rings. The first-order valence-corrected chi connectivity index (χ1v) is 5.65. The van der Waals surface area contributed by atoms with Crippen LogP contribution in [-0.4, -0.2) is 30.1 Å². The number of urea groups is 2. The predicted octanol–water partition coefficient (Wildman–Crippen LogP) is 2.55. The first kappa shape index (κ1) is 12.0. The number of nitrogens with one attached hydrogen (secondary N) is 2. The predicted molar refractivity (Wildman–Crippen MR) is 65.6 cm³/mol. The Hall–Kier alpha value is -1.46. The molecule has 0 bridgehead atoms. The van der Waals surface area contributed by atoms with Gasteiger partial charge in [0, 0.05) is 18.1 Å². The van der Waals surface area contributed by atoms with Gasteiger partial charge in [0.2, 0.25) is 0 Å². The molecule has 2 rings (SSSR count). The number of benzene rings is 1. The van der Waals surface area contributed by atoms with Gasteiger partial charge >= 0.3 is 12.1 Å². The molecular formula is C10H9Cl2N3O2. The summed E-state index contributed by atoms with van der Waals surface area (Å²) in [5.74, 6) is 0. The molecule has 0 saturated carbocycles. The molecule has 17 heavy (non-hydrogen) atoms. The molecule has 0 unspecified atom stereocenters. The molecule has 1 saturated heterocycles. The number of hydrogen-bond acceptors (Lipinski definition) is 2. The van der Waals surface area contributed by atoms with E-state index in [2.05, 4.69) is 10.6 Å². The molecule has 0 atom stereocenters. The van der Waals surface area contributed by atoms with Gasteiger partial charge in [0.15, 0.2) is 0 Å². The van der Waals surface area contributed by atoms with Crippen LogP contribution in [0, 0.1) is 0 Å². The molecule has 2 N–H and O–H groups in total. The van der Waals surface area contributed by atoms with E-state index in [4.69, 9.17) is 23.2 Å². The van der Waals surface area contributed by atoms with E-state index < -0.39 is 12.1 Å². The molecule has 0 radical (unpaired) electrons. The van der Waals surface area contributed by atoms with Gasteiger partial charge in [0.1, 0.15) is 0 Å². The number of halogens is 2. The van der Waals surface area contributed by atoms with Crippen molar-refractivity contribution < 1.29 is 9.59 Å². The van der Waals surface area contributed by atoms with E-state index in [1.807, 2.05) is 0 Å². The number of rotatable bonds is 1. The molecule has 1 aromatic carbocycles. The average molecular weight is 274 g/mol. The lowest BCUT2D eigenvalue weighted by molar-refractivity contribution is 0.207. The largest absolute Gasteiger partial charge is 0.336 e. The van der Waals surface area contributed by atoms with Gasteiger partial charge < -0.3 is 10.6 Å². The van der Waals surface area contributed by atoms with Crippen LogP contribution in [0.2, 0.25) is 10.0 Å². The van der Waals surface area contributed by atoms with Gasteiger partial charge in [-0.05, 0) is 18.2 Å². The van der Waals surface area contributed by atoms with Crippen LogP contribution >= 0.6 is 23.2 Å². The fraction of sp³-hybridized carbons (Fsp3) is 0.200. The van der Waals surface area contributed by atoms with Gasteiger partial charge in [-0.1, -0.05) is 23.2 Å². The van der Waals surface area contributed by atoms with Crippen LogP contribution in [0.3, 0.4) is 0 Å². The van der Waals surface area contributed by atoms with Crippen molar-refractivity contribution >= 4 is 41.0 Å². The monoisotopic (exact) mass is 273 g/mol. The van der Waals surface area contributed by atoms with Gasteiger partial charge in [-0.2, -0.15) is 0 Å². The summed E-state index contributed by atoms with van der Waals surface area (Å²) in [6.07, 6.45) is 0. The Balaban J connectivity index is 2.10. The van der Waals surface area contributed by atoms with Crippen molar-refractivity contribution in [1.82, 2.24) is 10.2 Å². The van der Waals surface area contributed by atoms with Crippen molar-refractivity contribution in [3.05, 3.63) is 28.2 Å². The quantitative estimate of drug-likeness (QED) is 0.826. The van der Waals surface area contributed by atoms with E-state index in [1.165, 1.54) is 6.07 Å². The summed E-state index contributed by atoms with van der Waals surface area (Å²) in [7, 11) is 0. The maximum atomic E-state index is 11.7. The van der Waals surface area contributed by atoms with E-state index in [9.17, 15) is 9.59 Å². The molecule has 0 aliphatic carbocycles. The Labute approximate surface area is 108 Å². The first-order chi connectivity index (χ1) is 8.08. The number of carbonyl (C=O) groups is 2. The standard InChI is InChI=1S/C10H9Cl2N3O2/c11-6-1-2-8(7(12)5-6)14-10(17)15-4-3-13-9(15)16/h1-2,5H,3-4H2,(H,13,16)(H,14,17). The number of amides is 4. The zero-order chi connectivity index (χ0) is 12.4. The van der Waals surface area contributed by atoms with Gasteiger partial charge in [0.25, 0.3) is 0 Å². The molecule has 0 aromatic heterocycles. The van der Waals surface area contributed by atoms with Crippen LogP contribution in [0.4, 0.5) is 15.3 Å². The molecule has 7 heteroatoms. The third kappa shape index (κ3) is 2.62. The third-order valence-corrected chi connectivity index (χ3v) is 2.82. The lowest BCUT2D eigenvalue weighted by Gasteiger charge is -2.14. The summed E-state index contributed by atoms with van der Waals surface area (Å²) < 4.78 is 0. The molecule has 1 fully saturated rings. The topological polar surface area (TPSA) is 61.4 Å². The Bertz CT molecular complexity index is 479. The molecular weight excluding hydrogens is 265 g/mol. The maximum Gasteiger partial charge on any atom is 0.330 e.